The number of nitrogens with zero attached hydrogens (tertiary/aromatic N) is 4. The Kier molecular flexibility index (Phi) is 6.78. The predicted molar refractivity (Wildman–Crippen MR) is 211 cm³/mol. The van der Waals surface area contributed by atoms with Gasteiger partial charge in [-0.05, 0) is 45.5 Å². The van der Waals surface area contributed by atoms with Crippen molar-refractivity contribution in [2.24, 2.45) is 0 Å². The van der Waals surface area contributed by atoms with E-state index in [-0.39, 0.29) is 0 Å². The Morgan fingerprint density at radius 1 is 0.314 bits per heavy atom. The van der Waals surface area contributed by atoms with Gasteiger partial charge in [0, 0.05) is 32.8 Å². The van der Waals surface area contributed by atoms with Crippen molar-refractivity contribution in [3.05, 3.63) is 182 Å². The first-order valence-corrected chi connectivity index (χ1v) is 17.2. The van der Waals surface area contributed by atoms with Gasteiger partial charge in [-0.1, -0.05) is 164 Å². The summed E-state index contributed by atoms with van der Waals surface area (Å²) in [6, 6.07) is 63.9. The van der Waals surface area contributed by atoms with Crippen LogP contribution in [0.3, 0.4) is 0 Å². The summed E-state index contributed by atoms with van der Waals surface area (Å²) in [5.74, 6) is 1.92. The lowest BCUT2D eigenvalue weighted by Crippen LogP contribution is -2.01. The zero-order valence-corrected chi connectivity index (χ0v) is 27.6. The minimum Gasteiger partial charge on any atom is -0.309 e. The van der Waals surface area contributed by atoms with Crippen LogP contribution >= 0.6 is 0 Å². The Labute approximate surface area is 295 Å². The maximum absolute atomic E-state index is 5.15. The fraction of sp³-hybridized carbons (Fsp3) is 0. The van der Waals surface area contributed by atoms with Crippen LogP contribution in [0.15, 0.2) is 182 Å². The Morgan fingerprint density at radius 2 is 0.863 bits per heavy atom. The van der Waals surface area contributed by atoms with Crippen molar-refractivity contribution in [3.8, 4) is 51.0 Å². The van der Waals surface area contributed by atoms with Crippen molar-refractivity contribution in [3.63, 3.8) is 0 Å². The predicted octanol–water partition coefficient (Wildman–Crippen LogP) is 11.9. The molecule has 0 saturated heterocycles. The van der Waals surface area contributed by atoms with E-state index in [0.29, 0.717) is 17.5 Å². The standard InChI is InChI=1S/C47H30N4/c1-3-13-31(14-4-1)32-25-27-35(28-26-32)46-48-45(34-16-5-2-6-17-34)49-47(50-46)39-22-11-21-38-37(39)20-12-24-41(38)51-42-23-10-9-19-40(42)44-36-18-8-7-15-33(36)29-30-43(44)51/h1-30H. The molecule has 10 rings (SSSR count). The molecule has 0 N–H and O–H groups in total. The molecule has 8 aromatic carbocycles. The Bertz CT molecular complexity index is 2890. The normalized spacial score (nSPS) is 11.5. The van der Waals surface area contributed by atoms with E-state index >= 15 is 0 Å². The summed E-state index contributed by atoms with van der Waals surface area (Å²) >= 11 is 0. The molecule has 0 unspecified atom stereocenters. The van der Waals surface area contributed by atoms with E-state index in [0.717, 1.165) is 38.7 Å². The molecule has 10 aromatic rings. The highest BCUT2D eigenvalue weighted by Crippen LogP contribution is 2.40. The van der Waals surface area contributed by atoms with E-state index in [1.54, 1.807) is 0 Å². The second-order valence-corrected chi connectivity index (χ2v) is 12.8. The third kappa shape index (κ3) is 4.88. The molecule has 0 bridgehead atoms. The average Bonchev–Trinajstić information content (AvgIpc) is 3.55. The van der Waals surface area contributed by atoms with Crippen LogP contribution in [-0.2, 0) is 0 Å². The van der Waals surface area contributed by atoms with Crippen LogP contribution in [0.1, 0.15) is 0 Å². The van der Waals surface area contributed by atoms with Gasteiger partial charge >= 0.3 is 0 Å². The molecule has 0 aliphatic carbocycles. The first kappa shape index (κ1) is 29.0. The molecule has 0 fully saturated rings. The van der Waals surface area contributed by atoms with E-state index in [4.69, 9.17) is 15.0 Å². The van der Waals surface area contributed by atoms with Crippen molar-refractivity contribution in [1.29, 1.82) is 0 Å². The maximum atomic E-state index is 5.15. The summed E-state index contributed by atoms with van der Waals surface area (Å²) in [7, 11) is 0. The zero-order valence-electron chi connectivity index (χ0n) is 27.6. The highest BCUT2D eigenvalue weighted by Gasteiger charge is 2.19. The van der Waals surface area contributed by atoms with Crippen molar-refractivity contribution in [2.45, 2.75) is 0 Å². The number of para-hydroxylation sites is 1. The van der Waals surface area contributed by atoms with Crippen LogP contribution in [0.2, 0.25) is 0 Å². The fourth-order valence-corrected chi connectivity index (χ4v) is 7.47. The third-order valence-corrected chi connectivity index (χ3v) is 9.86. The molecular weight excluding hydrogens is 621 g/mol. The highest BCUT2D eigenvalue weighted by molar-refractivity contribution is 6.21. The molecule has 0 amide bonds. The molecular formula is C47H30N4. The molecule has 2 aromatic heterocycles. The first-order chi connectivity index (χ1) is 25.3. The van der Waals surface area contributed by atoms with Crippen LogP contribution in [0.25, 0.3) is 94.3 Å². The SMILES string of the molecule is c1ccc(-c2ccc(-c3nc(-c4ccccc4)nc(-c4cccc5c(-n6c7ccccc7c7c8ccccc8ccc76)cccc45)n3)cc2)cc1. The quantitative estimate of drug-likeness (QED) is 0.186. The number of hydrogen-bond acceptors (Lipinski definition) is 3. The van der Waals surface area contributed by atoms with Crippen molar-refractivity contribution < 1.29 is 0 Å². The summed E-state index contributed by atoms with van der Waals surface area (Å²) in [6.07, 6.45) is 0. The van der Waals surface area contributed by atoms with E-state index in [9.17, 15) is 0 Å². The highest BCUT2D eigenvalue weighted by atomic mass is 15.0. The lowest BCUT2D eigenvalue weighted by Gasteiger charge is -2.14. The first-order valence-electron chi connectivity index (χ1n) is 17.2. The maximum Gasteiger partial charge on any atom is 0.164 e. The second-order valence-electron chi connectivity index (χ2n) is 12.8. The molecule has 0 aliphatic rings. The van der Waals surface area contributed by atoms with Gasteiger partial charge in [0.15, 0.2) is 17.5 Å². The van der Waals surface area contributed by atoms with Gasteiger partial charge in [-0.15, -0.1) is 0 Å². The average molecular weight is 651 g/mol. The molecule has 0 atom stereocenters. The van der Waals surface area contributed by atoms with Gasteiger partial charge in [-0.25, -0.2) is 15.0 Å². The number of aromatic nitrogens is 4. The lowest BCUT2D eigenvalue weighted by atomic mass is 10.0. The molecule has 0 aliphatic heterocycles. The van der Waals surface area contributed by atoms with Crippen LogP contribution in [-0.4, -0.2) is 19.5 Å². The van der Waals surface area contributed by atoms with Gasteiger partial charge in [0.25, 0.3) is 0 Å². The van der Waals surface area contributed by atoms with Crippen molar-refractivity contribution >= 4 is 43.4 Å². The molecule has 0 radical (unpaired) electrons. The summed E-state index contributed by atoms with van der Waals surface area (Å²) < 4.78 is 2.41. The summed E-state index contributed by atoms with van der Waals surface area (Å²) in [6.45, 7) is 0. The molecule has 2 heterocycles. The van der Waals surface area contributed by atoms with Gasteiger partial charge in [0.2, 0.25) is 0 Å². The van der Waals surface area contributed by atoms with Crippen molar-refractivity contribution in [2.75, 3.05) is 0 Å². The van der Waals surface area contributed by atoms with Gasteiger partial charge in [0.05, 0.1) is 16.7 Å². The lowest BCUT2D eigenvalue weighted by molar-refractivity contribution is 1.08. The minimum atomic E-state index is 0.640. The fourth-order valence-electron chi connectivity index (χ4n) is 7.47. The number of hydrogen-bond donors (Lipinski definition) is 0. The van der Waals surface area contributed by atoms with Gasteiger partial charge in [-0.3, -0.25) is 0 Å². The molecule has 51 heavy (non-hydrogen) atoms. The topological polar surface area (TPSA) is 43.6 Å². The summed E-state index contributed by atoms with van der Waals surface area (Å²) in [5.41, 5.74) is 8.64. The number of fused-ring (bicyclic) bond motifs is 6. The summed E-state index contributed by atoms with van der Waals surface area (Å²) in [5, 5.41) is 7.21. The van der Waals surface area contributed by atoms with E-state index in [2.05, 4.69) is 162 Å². The Balaban J connectivity index is 1.18. The Morgan fingerprint density at radius 3 is 1.65 bits per heavy atom. The van der Waals surface area contributed by atoms with Crippen molar-refractivity contribution in [1.82, 2.24) is 19.5 Å². The molecule has 4 heteroatoms. The van der Waals surface area contributed by atoms with E-state index in [1.165, 1.54) is 38.1 Å². The smallest absolute Gasteiger partial charge is 0.164 e. The van der Waals surface area contributed by atoms with Crippen LogP contribution in [0, 0.1) is 0 Å². The minimum absolute atomic E-state index is 0.640. The van der Waals surface area contributed by atoms with Crippen LogP contribution in [0.5, 0.6) is 0 Å². The monoisotopic (exact) mass is 650 g/mol. The van der Waals surface area contributed by atoms with E-state index < -0.39 is 0 Å². The largest absolute Gasteiger partial charge is 0.309 e. The number of benzene rings is 8. The zero-order chi connectivity index (χ0) is 33.7. The van der Waals surface area contributed by atoms with Gasteiger partial charge in [0.1, 0.15) is 0 Å². The molecule has 4 nitrogen and oxygen atoms in total. The van der Waals surface area contributed by atoms with Gasteiger partial charge < -0.3 is 4.57 Å². The van der Waals surface area contributed by atoms with E-state index in [1.807, 2.05) is 24.3 Å². The number of rotatable bonds is 5. The van der Waals surface area contributed by atoms with Crippen LogP contribution < -0.4 is 0 Å². The molecule has 0 saturated carbocycles. The van der Waals surface area contributed by atoms with Crippen LogP contribution in [0.4, 0.5) is 0 Å². The van der Waals surface area contributed by atoms with Gasteiger partial charge in [-0.2, -0.15) is 0 Å². The second kappa shape index (κ2) is 11.9. The molecule has 238 valence electrons. The third-order valence-electron chi connectivity index (χ3n) is 9.86. The summed E-state index contributed by atoms with van der Waals surface area (Å²) in [4.78, 5) is 15.3. The molecule has 0 spiro atoms. The Hall–Kier alpha value is -6.91.